The Morgan fingerprint density at radius 3 is 2.82 bits per heavy atom. The lowest BCUT2D eigenvalue weighted by Gasteiger charge is -2.23. The maximum absolute atomic E-state index is 13.5. The van der Waals surface area contributed by atoms with Crippen molar-refractivity contribution in [1.29, 1.82) is 5.26 Å². The lowest BCUT2D eigenvalue weighted by molar-refractivity contribution is -0.124. The first-order chi connectivity index (χ1) is 13.3. The highest BCUT2D eigenvalue weighted by Crippen LogP contribution is 2.48. The summed E-state index contributed by atoms with van der Waals surface area (Å²) < 4.78 is 5.88. The summed E-state index contributed by atoms with van der Waals surface area (Å²) in [4.78, 5) is 23.9. The Labute approximate surface area is 166 Å². The number of pyridine rings is 2. The molecule has 0 saturated heterocycles. The molecule has 144 valence electrons. The van der Waals surface area contributed by atoms with Crippen molar-refractivity contribution >= 4 is 19.8 Å². The van der Waals surface area contributed by atoms with Gasteiger partial charge < -0.3 is 4.74 Å². The van der Waals surface area contributed by atoms with E-state index in [0.29, 0.717) is 31.0 Å². The van der Waals surface area contributed by atoms with Crippen molar-refractivity contribution in [1.82, 2.24) is 9.97 Å². The minimum absolute atomic E-state index is 0.0314. The minimum Gasteiger partial charge on any atom is -0.361 e. The number of hydrogen-bond acceptors (Lipinski definition) is 5. The van der Waals surface area contributed by atoms with Gasteiger partial charge in [0.25, 0.3) is 0 Å². The van der Waals surface area contributed by atoms with Gasteiger partial charge in [-0.1, -0.05) is 25.7 Å². The van der Waals surface area contributed by atoms with Crippen LogP contribution < -0.4 is 4.90 Å². The zero-order valence-corrected chi connectivity index (χ0v) is 17.5. The van der Waals surface area contributed by atoms with Gasteiger partial charge in [-0.3, -0.25) is 9.69 Å². The Morgan fingerprint density at radius 2 is 2.07 bits per heavy atom. The fourth-order valence-corrected chi connectivity index (χ4v) is 4.83. The van der Waals surface area contributed by atoms with Crippen LogP contribution in [-0.4, -0.2) is 37.3 Å². The minimum atomic E-state index is -1.18. The molecular weight excluding hydrogens is 368 g/mol. The number of nitrogens with zero attached hydrogens (tertiary/aromatic N) is 4. The number of amides is 1. The summed E-state index contributed by atoms with van der Waals surface area (Å²) in [7, 11) is -1.18. The topological polar surface area (TPSA) is 79.1 Å². The van der Waals surface area contributed by atoms with Gasteiger partial charge in [-0.05, 0) is 42.1 Å². The molecule has 1 atom stereocenters. The Bertz CT molecular complexity index is 979. The van der Waals surface area contributed by atoms with Crippen molar-refractivity contribution in [3.05, 3.63) is 53.0 Å². The molecule has 0 radical (unpaired) electrons. The van der Waals surface area contributed by atoms with Crippen LogP contribution in [0.15, 0.2) is 30.6 Å². The number of rotatable bonds is 5. The second-order valence-electron chi connectivity index (χ2n) is 8.84. The van der Waals surface area contributed by atoms with Crippen LogP contribution in [0, 0.1) is 11.3 Å². The summed E-state index contributed by atoms with van der Waals surface area (Å²) in [6.45, 7) is 7.81. The number of hydrogen-bond donors (Lipinski definition) is 0. The van der Waals surface area contributed by atoms with Gasteiger partial charge >= 0.3 is 0 Å². The number of aromatic nitrogens is 2. The number of carbonyl (C=O) groups is 1. The fourth-order valence-electron chi connectivity index (χ4n) is 4.07. The van der Waals surface area contributed by atoms with Gasteiger partial charge in [-0.15, -0.1) is 0 Å². The van der Waals surface area contributed by atoms with Crippen LogP contribution in [0.5, 0.6) is 0 Å². The van der Waals surface area contributed by atoms with Crippen molar-refractivity contribution in [2.75, 3.05) is 18.2 Å². The summed E-state index contributed by atoms with van der Waals surface area (Å²) in [5.74, 6) is 0.727. The van der Waals surface area contributed by atoms with Crippen LogP contribution in [0.4, 0.5) is 5.82 Å². The molecule has 3 heterocycles. The third-order valence-corrected chi connectivity index (χ3v) is 7.32. The van der Waals surface area contributed by atoms with Gasteiger partial charge in [0.05, 0.1) is 5.41 Å². The average molecular weight is 393 g/mol. The molecule has 1 spiro atoms. The van der Waals surface area contributed by atoms with Crippen molar-refractivity contribution in [2.45, 2.75) is 43.9 Å². The molecule has 0 N–H and O–H groups in total. The van der Waals surface area contributed by atoms with E-state index in [2.05, 4.69) is 35.7 Å². The molecule has 0 fully saturated rings. The predicted octanol–water partition coefficient (Wildman–Crippen LogP) is 3.04. The second kappa shape index (κ2) is 6.80. The molecular formula is C21H24N4O2Si. The highest BCUT2D eigenvalue weighted by molar-refractivity contribution is 6.76. The molecule has 2 aliphatic rings. The Hall–Kier alpha value is -2.56. The Kier molecular flexibility index (Phi) is 4.56. The van der Waals surface area contributed by atoms with Crippen LogP contribution >= 0.6 is 0 Å². The zero-order valence-electron chi connectivity index (χ0n) is 16.5. The lowest BCUT2D eigenvalue weighted by atomic mass is 9.79. The number of ether oxygens (including phenoxy) is 1. The summed E-state index contributed by atoms with van der Waals surface area (Å²) in [5.41, 5.74) is 2.73. The SMILES string of the molecule is C[Si](C)(C)CCOCN1C(=O)C2(Cc3cnc(C#N)cc3C2)c2cccnc21. The maximum Gasteiger partial charge on any atom is 0.241 e. The van der Waals surface area contributed by atoms with E-state index in [0.717, 1.165) is 22.7 Å². The predicted molar refractivity (Wildman–Crippen MR) is 109 cm³/mol. The van der Waals surface area contributed by atoms with Crippen molar-refractivity contribution in [3.8, 4) is 6.07 Å². The first kappa shape index (κ1) is 18.8. The molecule has 2 aromatic heterocycles. The zero-order chi connectivity index (χ0) is 19.9. The fraction of sp³-hybridized carbons (Fsp3) is 0.429. The number of fused-ring (bicyclic) bond motifs is 3. The van der Waals surface area contributed by atoms with Crippen molar-refractivity contribution in [3.63, 3.8) is 0 Å². The van der Waals surface area contributed by atoms with Crippen LogP contribution in [0.1, 0.15) is 22.4 Å². The third kappa shape index (κ3) is 3.13. The average Bonchev–Trinajstić information content (AvgIpc) is 3.15. The van der Waals surface area contributed by atoms with Crippen LogP contribution in [-0.2, 0) is 27.8 Å². The van der Waals surface area contributed by atoms with E-state index in [1.165, 1.54) is 0 Å². The summed E-state index contributed by atoms with van der Waals surface area (Å²) in [6, 6.07) is 8.82. The van der Waals surface area contributed by atoms with Gasteiger partial charge in [-0.2, -0.15) is 5.26 Å². The van der Waals surface area contributed by atoms with E-state index in [9.17, 15) is 4.79 Å². The van der Waals surface area contributed by atoms with E-state index in [-0.39, 0.29) is 12.6 Å². The van der Waals surface area contributed by atoms with Gasteiger partial charge in [0.15, 0.2) is 0 Å². The van der Waals surface area contributed by atoms with Crippen LogP contribution in [0.2, 0.25) is 25.7 Å². The smallest absolute Gasteiger partial charge is 0.241 e. The largest absolute Gasteiger partial charge is 0.361 e. The van der Waals surface area contributed by atoms with Gasteiger partial charge in [0.1, 0.15) is 24.3 Å². The molecule has 6 nitrogen and oxygen atoms in total. The third-order valence-electron chi connectivity index (χ3n) is 5.61. The molecule has 4 rings (SSSR count). The molecule has 1 aliphatic heterocycles. The quantitative estimate of drug-likeness (QED) is 0.577. The molecule has 1 aliphatic carbocycles. The second-order valence-corrected chi connectivity index (χ2v) is 14.5. The van der Waals surface area contributed by atoms with E-state index in [1.54, 1.807) is 23.4 Å². The van der Waals surface area contributed by atoms with E-state index < -0.39 is 13.5 Å². The lowest BCUT2D eigenvalue weighted by Crippen LogP contribution is -2.42. The van der Waals surface area contributed by atoms with Crippen molar-refractivity contribution < 1.29 is 9.53 Å². The normalized spacial score (nSPS) is 20.4. The van der Waals surface area contributed by atoms with Crippen molar-refractivity contribution in [2.24, 2.45) is 0 Å². The highest BCUT2D eigenvalue weighted by atomic mass is 28.3. The highest BCUT2D eigenvalue weighted by Gasteiger charge is 2.54. The van der Waals surface area contributed by atoms with Gasteiger partial charge in [-0.25, -0.2) is 9.97 Å². The molecule has 28 heavy (non-hydrogen) atoms. The monoisotopic (exact) mass is 392 g/mol. The Morgan fingerprint density at radius 1 is 1.29 bits per heavy atom. The summed E-state index contributed by atoms with van der Waals surface area (Å²) in [5, 5.41) is 9.14. The van der Waals surface area contributed by atoms with E-state index in [1.807, 2.05) is 12.1 Å². The number of carbonyl (C=O) groups excluding carboxylic acids is 1. The molecule has 1 amide bonds. The van der Waals surface area contributed by atoms with E-state index in [4.69, 9.17) is 10.00 Å². The first-order valence-electron chi connectivity index (χ1n) is 9.57. The molecule has 7 heteroatoms. The molecule has 0 bridgehead atoms. The van der Waals surface area contributed by atoms with Crippen LogP contribution in [0.25, 0.3) is 0 Å². The molecule has 0 saturated carbocycles. The van der Waals surface area contributed by atoms with E-state index >= 15 is 0 Å². The molecule has 1 unspecified atom stereocenters. The number of nitriles is 1. The van der Waals surface area contributed by atoms with Gasteiger partial charge in [0, 0.05) is 32.6 Å². The summed E-state index contributed by atoms with van der Waals surface area (Å²) in [6.07, 6.45) is 4.61. The summed E-state index contributed by atoms with van der Waals surface area (Å²) >= 11 is 0. The standard InChI is InChI=1S/C21H24N4O2Si/c1-28(2,3)8-7-27-14-25-19-18(5-4-6-23-19)21(20(25)26)10-15-9-17(12-22)24-13-16(15)11-21/h4-6,9,13H,7-8,10-11,14H2,1-3H3. The first-order valence-corrected chi connectivity index (χ1v) is 13.3. The van der Waals surface area contributed by atoms with Gasteiger partial charge in [0.2, 0.25) is 5.91 Å². The maximum atomic E-state index is 13.5. The molecule has 0 aromatic carbocycles. The number of anilines is 1. The van der Waals surface area contributed by atoms with Crippen LogP contribution in [0.3, 0.4) is 0 Å². The molecule has 2 aromatic rings. The Balaban J connectivity index is 1.60.